The van der Waals surface area contributed by atoms with E-state index in [1.807, 2.05) is 32.0 Å². The van der Waals surface area contributed by atoms with Gasteiger partial charge in [0.2, 0.25) is 5.91 Å². The van der Waals surface area contributed by atoms with Crippen molar-refractivity contribution in [2.45, 2.75) is 32.9 Å². The van der Waals surface area contributed by atoms with E-state index in [1.54, 1.807) is 7.11 Å². The Labute approximate surface area is 179 Å². The van der Waals surface area contributed by atoms with Crippen molar-refractivity contribution < 1.29 is 9.53 Å². The Morgan fingerprint density at radius 3 is 2.60 bits per heavy atom. The molecular weight excluding hydrogens is 396 g/mol. The Kier molecular flexibility index (Phi) is 5.39. The van der Waals surface area contributed by atoms with Crippen LogP contribution in [0.25, 0.3) is 16.6 Å². The number of pyridine rings is 1. The molecule has 0 bridgehead atoms. The van der Waals surface area contributed by atoms with E-state index >= 15 is 0 Å². The van der Waals surface area contributed by atoms with Crippen LogP contribution in [0.2, 0.25) is 0 Å². The minimum Gasteiger partial charge on any atom is -0.495 e. The van der Waals surface area contributed by atoms with E-state index in [0.29, 0.717) is 16.6 Å². The highest BCUT2D eigenvalue weighted by atomic mass is 32.2. The number of benzene rings is 2. The van der Waals surface area contributed by atoms with Crippen molar-refractivity contribution in [2.75, 3.05) is 18.2 Å². The molecule has 0 fully saturated rings. The zero-order valence-corrected chi connectivity index (χ0v) is 18.6. The van der Waals surface area contributed by atoms with Crippen LogP contribution < -0.4 is 10.1 Å². The summed E-state index contributed by atoms with van der Waals surface area (Å²) >= 11 is 1.37. The summed E-state index contributed by atoms with van der Waals surface area (Å²) in [6, 6.07) is 12.2. The first-order valence-corrected chi connectivity index (χ1v) is 10.7. The summed E-state index contributed by atoms with van der Waals surface area (Å²) in [5.41, 5.74) is 7.04. The predicted molar refractivity (Wildman–Crippen MR) is 122 cm³/mol. The number of thioether (sulfide) groups is 1. The summed E-state index contributed by atoms with van der Waals surface area (Å²) in [5.74, 6) is 0.739. The molecule has 4 rings (SSSR count). The largest absolute Gasteiger partial charge is 0.495 e. The maximum atomic E-state index is 12.6. The van der Waals surface area contributed by atoms with Crippen LogP contribution in [0.15, 0.2) is 41.6 Å². The fraction of sp³-hybridized carbons (Fsp3) is 0.261. The minimum absolute atomic E-state index is 0.120. The van der Waals surface area contributed by atoms with Crippen molar-refractivity contribution in [1.82, 2.24) is 14.6 Å². The number of carbonyl (C=O) groups excluding carboxylic acids is 1. The van der Waals surface area contributed by atoms with Crippen LogP contribution in [-0.4, -0.2) is 33.4 Å². The van der Waals surface area contributed by atoms with Gasteiger partial charge in [0.25, 0.3) is 0 Å². The summed E-state index contributed by atoms with van der Waals surface area (Å²) in [4.78, 5) is 12.6. The van der Waals surface area contributed by atoms with Crippen LogP contribution in [0.5, 0.6) is 5.75 Å². The number of ether oxygens (including phenoxy) is 1. The molecule has 0 spiro atoms. The van der Waals surface area contributed by atoms with Crippen LogP contribution >= 0.6 is 11.8 Å². The average Bonchev–Trinajstić information content (AvgIpc) is 3.10. The van der Waals surface area contributed by atoms with E-state index in [0.717, 1.165) is 33.2 Å². The van der Waals surface area contributed by atoms with Gasteiger partial charge in [-0.15, -0.1) is 10.2 Å². The maximum Gasteiger partial charge on any atom is 0.234 e. The van der Waals surface area contributed by atoms with Gasteiger partial charge in [0.15, 0.2) is 10.8 Å². The highest BCUT2D eigenvalue weighted by Gasteiger charge is 2.16. The summed E-state index contributed by atoms with van der Waals surface area (Å²) in [6.45, 7) is 8.20. The SMILES string of the molecule is COc1ccc(C)cc1NC(=O)CSc1nnc2c(C)cc3cc(C)cc(C)c3n12. The molecule has 2 aromatic carbocycles. The number of hydrogen-bond acceptors (Lipinski definition) is 5. The lowest BCUT2D eigenvalue weighted by Crippen LogP contribution is -2.15. The van der Waals surface area contributed by atoms with E-state index in [9.17, 15) is 4.79 Å². The number of aryl methyl sites for hydroxylation is 4. The van der Waals surface area contributed by atoms with Crippen LogP contribution in [0.3, 0.4) is 0 Å². The second-order valence-electron chi connectivity index (χ2n) is 7.53. The van der Waals surface area contributed by atoms with E-state index < -0.39 is 0 Å². The highest BCUT2D eigenvalue weighted by molar-refractivity contribution is 7.99. The molecule has 0 atom stereocenters. The number of amides is 1. The number of nitrogens with one attached hydrogen (secondary N) is 1. The number of hydrogen-bond donors (Lipinski definition) is 1. The second-order valence-corrected chi connectivity index (χ2v) is 8.47. The fourth-order valence-corrected chi connectivity index (χ4v) is 4.50. The number of nitrogens with zero attached hydrogens (tertiary/aromatic N) is 3. The zero-order chi connectivity index (χ0) is 21.4. The number of aromatic nitrogens is 3. The molecule has 0 aliphatic carbocycles. The van der Waals surface area contributed by atoms with Crippen LogP contribution in [-0.2, 0) is 4.79 Å². The van der Waals surface area contributed by atoms with Gasteiger partial charge in [0.05, 0.1) is 24.1 Å². The monoisotopic (exact) mass is 420 g/mol. The highest BCUT2D eigenvalue weighted by Crippen LogP contribution is 2.29. The standard InChI is InChI=1S/C23H24N4O2S/c1-13-6-7-19(29-5)18(10-13)24-20(28)12-30-23-26-25-22-16(4)11-17-9-14(2)8-15(3)21(17)27(22)23/h6-11H,12H2,1-5H3,(H,24,28). The summed E-state index contributed by atoms with van der Waals surface area (Å²) in [6.07, 6.45) is 0. The van der Waals surface area contributed by atoms with E-state index in [-0.39, 0.29) is 11.7 Å². The van der Waals surface area contributed by atoms with Gasteiger partial charge < -0.3 is 10.1 Å². The third kappa shape index (κ3) is 3.73. The van der Waals surface area contributed by atoms with Gasteiger partial charge in [-0.25, -0.2) is 0 Å². The Balaban J connectivity index is 1.63. The van der Waals surface area contributed by atoms with Gasteiger partial charge in [-0.3, -0.25) is 9.20 Å². The molecule has 6 nitrogen and oxygen atoms in total. The van der Waals surface area contributed by atoms with Crippen molar-refractivity contribution in [3.05, 3.63) is 58.7 Å². The van der Waals surface area contributed by atoms with E-state index in [2.05, 4.69) is 52.0 Å². The molecule has 2 heterocycles. The topological polar surface area (TPSA) is 68.5 Å². The predicted octanol–water partition coefficient (Wildman–Crippen LogP) is 4.86. The number of methoxy groups -OCH3 is 1. The Morgan fingerprint density at radius 2 is 1.83 bits per heavy atom. The van der Waals surface area contributed by atoms with Crippen molar-refractivity contribution in [1.29, 1.82) is 0 Å². The third-order valence-electron chi connectivity index (χ3n) is 5.02. The molecule has 154 valence electrons. The lowest BCUT2D eigenvalue weighted by molar-refractivity contribution is -0.113. The van der Waals surface area contributed by atoms with Crippen molar-refractivity contribution >= 4 is 39.9 Å². The zero-order valence-electron chi connectivity index (χ0n) is 17.7. The molecule has 0 aliphatic heterocycles. The molecule has 2 aromatic heterocycles. The average molecular weight is 421 g/mol. The number of fused-ring (bicyclic) bond motifs is 3. The Hall–Kier alpha value is -3.06. The van der Waals surface area contributed by atoms with Gasteiger partial charge in [-0.05, 0) is 74.0 Å². The second kappa shape index (κ2) is 7.99. The number of rotatable bonds is 5. The van der Waals surface area contributed by atoms with Gasteiger partial charge in [-0.2, -0.15) is 0 Å². The molecule has 4 aromatic rings. The number of carbonyl (C=O) groups is 1. The van der Waals surface area contributed by atoms with Crippen LogP contribution in [0.1, 0.15) is 22.3 Å². The first kappa shape index (κ1) is 20.2. The van der Waals surface area contributed by atoms with Crippen LogP contribution in [0, 0.1) is 27.7 Å². The number of anilines is 1. The van der Waals surface area contributed by atoms with Crippen molar-refractivity contribution in [3.8, 4) is 5.75 Å². The smallest absolute Gasteiger partial charge is 0.234 e. The minimum atomic E-state index is -0.120. The Morgan fingerprint density at radius 1 is 1.03 bits per heavy atom. The van der Waals surface area contributed by atoms with Crippen LogP contribution in [0.4, 0.5) is 5.69 Å². The Bertz CT molecular complexity index is 1280. The van der Waals surface area contributed by atoms with Gasteiger partial charge >= 0.3 is 0 Å². The first-order chi connectivity index (χ1) is 14.4. The van der Waals surface area contributed by atoms with Gasteiger partial charge in [-0.1, -0.05) is 29.5 Å². The summed E-state index contributed by atoms with van der Waals surface area (Å²) in [5, 5.41) is 13.5. The molecule has 0 aliphatic rings. The summed E-state index contributed by atoms with van der Waals surface area (Å²) < 4.78 is 7.41. The van der Waals surface area contributed by atoms with Gasteiger partial charge in [0, 0.05) is 0 Å². The fourth-order valence-electron chi connectivity index (χ4n) is 3.76. The van der Waals surface area contributed by atoms with E-state index in [1.165, 1.54) is 17.3 Å². The maximum absolute atomic E-state index is 12.6. The van der Waals surface area contributed by atoms with Crippen molar-refractivity contribution in [3.63, 3.8) is 0 Å². The molecule has 0 saturated carbocycles. The molecule has 0 unspecified atom stereocenters. The molecule has 1 amide bonds. The quantitative estimate of drug-likeness (QED) is 0.467. The summed E-state index contributed by atoms with van der Waals surface area (Å²) in [7, 11) is 1.59. The lowest BCUT2D eigenvalue weighted by Gasteiger charge is -2.12. The first-order valence-electron chi connectivity index (χ1n) is 9.70. The molecular formula is C23H24N4O2S. The molecule has 0 radical (unpaired) electrons. The van der Waals surface area contributed by atoms with Gasteiger partial charge in [0.1, 0.15) is 5.75 Å². The van der Waals surface area contributed by atoms with Crippen molar-refractivity contribution in [2.24, 2.45) is 0 Å². The third-order valence-corrected chi connectivity index (χ3v) is 5.95. The molecule has 0 saturated heterocycles. The molecule has 1 N–H and O–H groups in total. The lowest BCUT2D eigenvalue weighted by atomic mass is 10.1. The van der Waals surface area contributed by atoms with E-state index in [4.69, 9.17) is 4.74 Å². The molecule has 7 heteroatoms. The normalized spacial score (nSPS) is 11.2. The molecule has 30 heavy (non-hydrogen) atoms.